The van der Waals surface area contributed by atoms with Gasteiger partial charge in [-0.25, -0.2) is 4.98 Å². The van der Waals surface area contributed by atoms with Gasteiger partial charge in [-0.05, 0) is 12.8 Å². The van der Waals surface area contributed by atoms with E-state index in [0.717, 1.165) is 18.9 Å². The van der Waals surface area contributed by atoms with Gasteiger partial charge in [-0.3, -0.25) is 0 Å². The van der Waals surface area contributed by atoms with E-state index in [9.17, 15) is 0 Å². The minimum absolute atomic E-state index is 1.03. The van der Waals surface area contributed by atoms with E-state index >= 15 is 0 Å². The predicted molar refractivity (Wildman–Crippen MR) is 59.5 cm³/mol. The molecule has 0 spiro atoms. The highest BCUT2D eigenvalue weighted by Gasteiger charge is 2.06. The van der Waals surface area contributed by atoms with Crippen molar-refractivity contribution in [2.45, 2.75) is 39.5 Å². The number of anilines is 1. The van der Waals surface area contributed by atoms with Crippen LogP contribution in [0.3, 0.4) is 0 Å². The zero-order chi connectivity index (χ0) is 10.2. The molecule has 0 bridgehead atoms. The minimum Gasteiger partial charge on any atom is -0.355 e. The summed E-state index contributed by atoms with van der Waals surface area (Å²) in [5.74, 6) is 1.03. The Hall–Kier alpha value is -0.990. The molecule has 0 saturated heterocycles. The Balaban J connectivity index is 2.44. The molecule has 0 saturated carbocycles. The number of rotatable bonds is 7. The summed E-state index contributed by atoms with van der Waals surface area (Å²) < 4.78 is 0. The fourth-order valence-electron chi connectivity index (χ4n) is 1.42. The standard InChI is InChI=1S/C11H20N3/c1-3-5-7-14(8-6-4-2)11-9-12-10-13-11/h9H,3-8H2,1-2H3,(H,12,13). The van der Waals surface area contributed by atoms with E-state index in [1.165, 1.54) is 25.7 Å². The summed E-state index contributed by atoms with van der Waals surface area (Å²) >= 11 is 0. The lowest BCUT2D eigenvalue weighted by molar-refractivity contribution is 0.672. The SMILES string of the molecule is CCCCN(CCCC)c1c[nH][c]n1. The molecule has 1 aromatic rings. The molecule has 0 aliphatic carbocycles. The summed E-state index contributed by atoms with van der Waals surface area (Å²) in [4.78, 5) is 9.39. The molecule has 0 amide bonds. The highest BCUT2D eigenvalue weighted by molar-refractivity contribution is 5.34. The molecule has 14 heavy (non-hydrogen) atoms. The maximum Gasteiger partial charge on any atom is 0.175 e. The minimum atomic E-state index is 1.03. The lowest BCUT2D eigenvalue weighted by Crippen LogP contribution is -2.25. The van der Waals surface area contributed by atoms with Crippen molar-refractivity contribution in [3.05, 3.63) is 12.5 Å². The zero-order valence-electron chi connectivity index (χ0n) is 9.21. The first kappa shape index (κ1) is 11.1. The maximum absolute atomic E-state index is 4.17. The van der Waals surface area contributed by atoms with Crippen molar-refractivity contribution < 1.29 is 0 Å². The number of aromatic nitrogens is 2. The Labute approximate surface area is 86.5 Å². The average Bonchev–Trinajstić information content (AvgIpc) is 2.71. The van der Waals surface area contributed by atoms with Crippen LogP contribution in [-0.2, 0) is 0 Å². The largest absolute Gasteiger partial charge is 0.355 e. The lowest BCUT2D eigenvalue weighted by Gasteiger charge is -2.21. The molecule has 1 rings (SSSR count). The van der Waals surface area contributed by atoms with Gasteiger partial charge in [-0.15, -0.1) is 0 Å². The van der Waals surface area contributed by atoms with E-state index in [2.05, 4.69) is 35.0 Å². The maximum atomic E-state index is 4.17. The van der Waals surface area contributed by atoms with Gasteiger partial charge in [0.2, 0.25) is 0 Å². The van der Waals surface area contributed by atoms with Gasteiger partial charge in [0.05, 0.1) is 0 Å². The summed E-state index contributed by atoms with van der Waals surface area (Å²) in [6.45, 7) is 6.65. The van der Waals surface area contributed by atoms with E-state index < -0.39 is 0 Å². The van der Waals surface area contributed by atoms with Gasteiger partial charge in [-0.1, -0.05) is 26.7 Å². The Bertz CT molecular complexity index is 210. The summed E-state index contributed by atoms with van der Waals surface area (Å²) in [5, 5.41) is 0. The van der Waals surface area contributed by atoms with Crippen molar-refractivity contribution >= 4 is 5.82 Å². The van der Waals surface area contributed by atoms with Crippen molar-refractivity contribution in [3.63, 3.8) is 0 Å². The number of aromatic amines is 1. The van der Waals surface area contributed by atoms with Crippen LogP contribution in [0.25, 0.3) is 0 Å². The number of unbranched alkanes of at least 4 members (excludes halogenated alkanes) is 2. The number of nitrogens with zero attached hydrogens (tertiary/aromatic N) is 2. The predicted octanol–water partition coefficient (Wildman–Crippen LogP) is 2.62. The first-order valence-electron chi connectivity index (χ1n) is 5.54. The molecular formula is C11H20N3. The molecular weight excluding hydrogens is 174 g/mol. The number of nitrogens with one attached hydrogen (secondary N) is 1. The van der Waals surface area contributed by atoms with Crippen molar-refractivity contribution in [2.24, 2.45) is 0 Å². The molecule has 1 aromatic heterocycles. The molecule has 0 aliphatic rings. The Morgan fingerprint density at radius 2 is 1.93 bits per heavy atom. The molecule has 3 nitrogen and oxygen atoms in total. The number of hydrogen-bond donors (Lipinski definition) is 1. The second-order valence-electron chi connectivity index (χ2n) is 3.56. The third-order valence-corrected chi connectivity index (χ3v) is 2.32. The zero-order valence-corrected chi connectivity index (χ0v) is 9.21. The molecule has 3 heteroatoms. The van der Waals surface area contributed by atoms with Crippen molar-refractivity contribution in [1.29, 1.82) is 0 Å². The van der Waals surface area contributed by atoms with Gasteiger partial charge in [0.15, 0.2) is 6.33 Å². The van der Waals surface area contributed by atoms with Crippen LogP contribution in [0.2, 0.25) is 0 Å². The molecule has 0 atom stereocenters. The molecule has 1 heterocycles. The van der Waals surface area contributed by atoms with Crippen LogP contribution >= 0.6 is 0 Å². The van der Waals surface area contributed by atoms with Gasteiger partial charge in [0, 0.05) is 19.3 Å². The molecule has 0 aromatic carbocycles. The van der Waals surface area contributed by atoms with Crippen molar-refractivity contribution in [3.8, 4) is 0 Å². The fraction of sp³-hybridized carbons (Fsp3) is 0.727. The van der Waals surface area contributed by atoms with Gasteiger partial charge < -0.3 is 9.88 Å². The summed E-state index contributed by atoms with van der Waals surface area (Å²) in [7, 11) is 0. The summed E-state index contributed by atoms with van der Waals surface area (Å²) in [6.07, 6.45) is 9.60. The highest BCUT2D eigenvalue weighted by atomic mass is 15.2. The molecule has 0 aliphatic heterocycles. The van der Waals surface area contributed by atoms with E-state index in [0.29, 0.717) is 0 Å². The van der Waals surface area contributed by atoms with Crippen LogP contribution in [0.5, 0.6) is 0 Å². The van der Waals surface area contributed by atoms with Gasteiger partial charge >= 0.3 is 0 Å². The summed E-state index contributed by atoms with van der Waals surface area (Å²) in [6, 6.07) is 0. The molecule has 0 unspecified atom stereocenters. The van der Waals surface area contributed by atoms with E-state index in [1.54, 1.807) is 0 Å². The number of H-pyrrole nitrogens is 1. The van der Waals surface area contributed by atoms with E-state index in [-0.39, 0.29) is 0 Å². The molecule has 1 radical (unpaired) electrons. The van der Waals surface area contributed by atoms with Gasteiger partial charge in [-0.2, -0.15) is 0 Å². The smallest absolute Gasteiger partial charge is 0.175 e. The Morgan fingerprint density at radius 3 is 2.36 bits per heavy atom. The fourth-order valence-corrected chi connectivity index (χ4v) is 1.42. The molecule has 1 N–H and O–H groups in total. The highest BCUT2D eigenvalue weighted by Crippen LogP contribution is 2.10. The van der Waals surface area contributed by atoms with Crippen molar-refractivity contribution in [1.82, 2.24) is 9.97 Å². The Morgan fingerprint density at radius 1 is 1.29 bits per heavy atom. The number of imidazole rings is 1. The second-order valence-corrected chi connectivity index (χ2v) is 3.56. The lowest BCUT2D eigenvalue weighted by atomic mass is 10.2. The first-order valence-corrected chi connectivity index (χ1v) is 5.54. The van der Waals surface area contributed by atoms with Gasteiger partial charge in [0.25, 0.3) is 0 Å². The van der Waals surface area contributed by atoms with Crippen LogP contribution in [0.4, 0.5) is 5.82 Å². The van der Waals surface area contributed by atoms with Crippen molar-refractivity contribution in [2.75, 3.05) is 18.0 Å². The molecule has 0 fully saturated rings. The van der Waals surface area contributed by atoms with Gasteiger partial charge in [0.1, 0.15) is 5.82 Å². The monoisotopic (exact) mass is 194 g/mol. The average molecular weight is 194 g/mol. The van der Waals surface area contributed by atoms with Crippen LogP contribution in [0, 0.1) is 6.33 Å². The Kier molecular flexibility index (Phi) is 5.12. The summed E-state index contributed by atoms with van der Waals surface area (Å²) in [5.41, 5.74) is 0. The molecule has 79 valence electrons. The third-order valence-electron chi connectivity index (χ3n) is 2.32. The van der Waals surface area contributed by atoms with E-state index in [1.807, 2.05) is 6.20 Å². The first-order chi connectivity index (χ1) is 6.88. The normalized spacial score (nSPS) is 10.4. The van der Waals surface area contributed by atoms with Crippen LogP contribution in [0.1, 0.15) is 39.5 Å². The topological polar surface area (TPSA) is 31.9 Å². The third kappa shape index (κ3) is 3.40. The van der Waals surface area contributed by atoms with Crippen LogP contribution in [0.15, 0.2) is 6.20 Å². The van der Waals surface area contributed by atoms with Crippen LogP contribution < -0.4 is 4.90 Å². The quantitative estimate of drug-likeness (QED) is 0.723. The number of hydrogen-bond acceptors (Lipinski definition) is 2. The van der Waals surface area contributed by atoms with Crippen LogP contribution in [-0.4, -0.2) is 23.1 Å². The van der Waals surface area contributed by atoms with E-state index in [4.69, 9.17) is 0 Å². The second kappa shape index (κ2) is 6.46.